The van der Waals surface area contributed by atoms with Gasteiger partial charge in [0.05, 0.1) is 5.56 Å². The second-order valence-electron chi connectivity index (χ2n) is 6.29. The van der Waals surface area contributed by atoms with Gasteiger partial charge in [-0.15, -0.1) is 0 Å². The molecule has 1 N–H and O–H groups in total. The fourth-order valence-electron chi connectivity index (χ4n) is 2.72. The average molecular weight is 405 g/mol. The zero-order valence-electron chi connectivity index (χ0n) is 15.0. The Hall–Kier alpha value is -3.56. The predicted molar refractivity (Wildman–Crippen MR) is 93.2 cm³/mol. The Kier molecular flexibility index (Phi) is 4.61. The van der Waals surface area contributed by atoms with Crippen LogP contribution in [0.4, 0.5) is 13.2 Å². The van der Waals surface area contributed by atoms with Crippen LogP contribution in [0.1, 0.15) is 34.8 Å². The van der Waals surface area contributed by atoms with Gasteiger partial charge in [-0.2, -0.15) is 18.2 Å². The highest BCUT2D eigenvalue weighted by atomic mass is 19.4. The maximum atomic E-state index is 12.6. The lowest BCUT2D eigenvalue weighted by atomic mass is 10.1. The van der Waals surface area contributed by atoms with Crippen LogP contribution < -0.4 is 14.8 Å². The molecule has 7 nitrogen and oxygen atoms in total. The molecular weight excluding hydrogens is 391 g/mol. The van der Waals surface area contributed by atoms with Crippen LogP contribution in [0.3, 0.4) is 0 Å². The summed E-state index contributed by atoms with van der Waals surface area (Å²) < 4.78 is 53.6. The van der Waals surface area contributed by atoms with Crippen LogP contribution >= 0.6 is 0 Å². The molecule has 0 spiro atoms. The van der Waals surface area contributed by atoms with Crippen molar-refractivity contribution in [2.75, 3.05) is 6.79 Å². The third-order valence-electron chi connectivity index (χ3n) is 4.26. The Morgan fingerprint density at radius 2 is 1.83 bits per heavy atom. The number of alkyl halides is 3. The van der Waals surface area contributed by atoms with Gasteiger partial charge < -0.3 is 19.3 Å². The van der Waals surface area contributed by atoms with E-state index in [1.165, 1.54) is 0 Å². The van der Waals surface area contributed by atoms with E-state index in [2.05, 4.69) is 15.5 Å². The SMILES string of the molecule is C[C@H](NC(=O)c1ccc(C(F)(F)F)cc1)c1nc(-c2ccc3c(c2)OCO3)no1. The van der Waals surface area contributed by atoms with E-state index in [1.54, 1.807) is 25.1 Å². The average Bonchev–Trinajstić information content (AvgIpc) is 3.36. The molecule has 0 saturated carbocycles. The van der Waals surface area contributed by atoms with Crippen LogP contribution in [-0.4, -0.2) is 22.8 Å². The number of fused-ring (bicyclic) bond motifs is 1. The minimum absolute atomic E-state index is 0.0837. The molecule has 1 atom stereocenters. The minimum Gasteiger partial charge on any atom is -0.454 e. The maximum absolute atomic E-state index is 12.6. The summed E-state index contributed by atoms with van der Waals surface area (Å²) >= 11 is 0. The molecule has 10 heteroatoms. The Bertz CT molecular complexity index is 1050. The lowest BCUT2D eigenvalue weighted by Gasteiger charge is -2.11. The van der Waals surface area contributed by atoms with Crippen LogP contribution in [-0.2, 0) is 6.18 Å². The Balaban J connectivity index is 1.45. The van der Waals surface area contributed by atoms with E-state index in [0.717, 1.165) is 24.3 Å². The normalized spacial score (nSPS) is 13.9. The first-order valence-corrected chi connectivity index (χ1v) is 8.53. The number of hydrogen-bond donors (Lipinski definition) is 1. The molecule has 0 radical (unpaired) electrons. The van der Waals surface area contributed by atoms with Crippen LogP contribution in [0.2, 0.25) is 0 Å². The quantitative estimate of drug-likeness (QED) is 0.707. The first-order valence-electron chi connectivity index (χ1n) is 8.53. The molecule has 0 bridgehead atoms. The molecule has 0 aliphatic carbocycles. The van der Waals surface area contributed by atoms with E-state index in [9.17, 15) is 18.0 Å². The Labute approximate surface area is 162 Å². The number of aromatic nitrogens is 2. The van der Waals surface area contributed by atoms with Gasteiger partial charge >= 0.3 is 6.18 Å². The summed E-state index contributed by atoms with van der Waals surface area (Å²) in [4.78, 5) is 16.5. The molecule has 0 unspecified atom stereocenters. The van der Waals surface area contributed by atoms with Gasteiger partial charge in [-0.3, -0.25) is 4.79 Å². The van der Waals surface area contributed by atoms with E-state index in [1.807, 2.05) is 0 Å². The number of rotatable bonds is 4. The van der Waals surface area contributed by atoms with Gasteiger partial charge in [0.1, 0.15) is 6.04 Å². The van der Waals surface area contributed by atoms with E-state index in [4.69, 9.17) is 14.0 Å². The number of nitrogens with one attached hydrogen (secondary N) is 1. The third-order valence-corrected chi connectivity index (χ3v) is 4.26. The van der Waals surface area contributed by atoms with Crippen molar-refractivity contribution in [3.63, 3.8) is 0 Å². The van der Waals surface area contributed by atoms with Crippen LogP contribution in [0.25, 0.3) is 11.4 Å². The first kappa shape index (κ1) is 18.8. The number of amides is 1. The number of carbonyl (C=O) groups excluding carboxylic acids is 1. The van der Waals surface area contributed by atoms with Crippen molar-refractivity contribution in [3.05, 3.63) is 59.5 Å². The molecule has 3 aromatic rings. The zero-order valence-corrected chi connectivity index (χ0v) is 15.0. The Morgan fingerprint density at radius 3 is 2.55 bits per heavy atom. The molecule has 2 heterocycles. The topological polar surface area (TPSA) is 86.5 Å². The molecule has 1 aliphatic heterocycles. The lowest BCUT2D eigenvalue weighted by Crippen LogP contribution is -2.26. The van der Waals surface area contributed by atoms with Crippen LogP contribution in [0.15, 0.2) is 47.0 Å². The van der Waals surface area contributed by atoms with Crippen LogP contribution in [0, 0.1) is 0 Å². The van der Waals surface area contributed by atoms with Crippen molar-refractivity contribution in [2.24, 2.45) is 0 Å². The fraction of sp³-hybridized carbons (Fsp3) is 0.211. The van der Waals surface area contributed by atoms with E-state index >= 15 is 0 Å². The summed E-state index contributed by atoms with van der Waals surface area (Å²) in [5, 5.41) is 6.51. The monoisotopic (exact) mass is 405 g/mol. The first-order chi connectivity index (χ1) is 13.8. The predicted octanol–water partition coefficient (Wildman–Crippen LogP) is 3.98. The largest absolute Gasteiger partial charge is 0.454 e. The highest BCUT2D eigenvalue weighted by Crippen LogP contribution is 2.35. The van der Waals surface area contributed by atoms with Gasteiger partial charge in [0, 0.05) is 11.1 Å². The highest BCUT2D eigenvalue weighted by Gasteiger charge is 2.30. The maximum Gasteiger partial charge on any atom is 0.416 e. The summed E-state index contributed by atoms with van der Waals surface area (Å²) in [6.45, 7) is 1.77. The van der Waals surface area contributed by atoms with Gasteiger partial charge in [-0.05, 0) is 49.4 Å². The molecule has 2 aromatic carbocycles. The van der Waals surface area contributed by atoms with Gasteiger partial charge in [0.2, 0.25) is 18.5 Å². The minimum atomic E-state index is -4.46. The summed E-state index contributed by atoms with van der Waals surface area (Å²) in [7, 11) is 0. The molecule has 1 aliphatic rings. The zero-order chi connectivity index (χ0) is 20.6. The van der Waals surface area contributed by atoms with E-state index in [-0.39, 0.29) is 18.2 Å². The summed E-state index contributed by atoms with van der Waals surface area (Å²) in [5.74, 6) is 1.08. The molecular formula is C19H14F3N3O4. The van der Waals surface area contributed by atoms with Crippen LogP contribution in [0.5, 0.6) is 11.5 Å². The third kappa shape index (κ3) is 3.86. The standard InChI is InChI=1S/C19H14F3N3O4/c1-10(23-17(26)11-2-5-13(6-3-11)19(20,21)22)18-24-16(25-29-18)12-4-7-14-15(8-12)28-9-27-14/h2-8,10H,9H2,1H3,(H,23,26)/t10-/m0/s1. The number of hydrogen-bond acceptors (Lipinski definition) is 6. The molecule has 1 amide bonds. The molecule has 4 rings (SSSR count). The second kappa shape index (κ2) is 7.12. The lowest BCUT2D eigenvalue weighted by molar-refractivity contribution is -0.137. The van der Waals surface area contributed by atoms with Gasteiger partial charge in [0.15, 0.2) is 11.5 Å². The number of carbonyl (C=O) groups is 1. The molecule has 150 valence electrons. The van der Waals surface area contributed by atoms with E-state index in [0.29, 0.717) is 22.9 Å². The number of benzene rings is 2. The van der Waals surface area contributed by atoms with Crippen molar-refractivity contribution in [1.82, 2.24) is 15.5 Å². The van der Waals surface area contributed by atoms with Crippen molar-refractivity contribution in [2.45, 2.75) is 19.1 Å². The molecule has 1 aromatic heterocycles. The van der Waals surface area contributed by atoms with Crippen molar-refractivity contribution in [3.8, 4) is 22.9 Å². The van der Waals surface area contributed by atoms with E-state index < -0.39 is 23.7 Å². The summed E-state index contributed by atoms with van der Waals surface area (Å²) in [5.41, 5.74) is -0.0988. The summed E-state index contributed by atoms with van der Waals surface area (Å²) in [6, 6.07) is 8.45. The Morgan fingerprint density at radius 1 is 1.10 bits per heavy atom. The molecule has 0 fully saturated rings. The fourth-order valence-corrected chi connectivity index (χ4v) is 2.72. The van der Waals surface area contributed by atoms with Gasteiger partial charge in [-0.1, -0.05) is 5.16 Å². The van der Waals surface area contributed by atoms with Gasteiger partial charge in [-0.25, -0.2) is 0 Å². The van der Waals surface area contributed by atoms with Crippen molar-refractivity contribution < 1.29 is 32.0 Å². The smallest absolute Gasteiger partial charge is 0.416 e. The summed E-state index contributed by atoms with van der Waals surface area (Å²) in [6.07, 6.45) is -4.46. The van der Waals surface area contributed by atoms with Crippen molar-refractivity contribution >= 4 is 5.91 Å². The number of halogens is 3. The molecule has 29 heavy (non-hydrogen) atoms. The van der Waals surface area contributed by atoms with Crippen molar-refractivity contribution in [1.29, 1.82) is 0 Å². The number of nitrogens with zero attached hydrogens (tertiary/aromatic N) is 2. The van der Waals surface area contributed by atoms with Gasteiger partial charge in [0.25, 0.3) is 5.91 Å². The second-order valence-corrected chi connectivity index (χ2v) is 6.29. The highest BCUT2D eigenvalue weighted by molar-refractivity contribution is 5.94. The number of ether oxygens (including phenoxy) is 2. The molecule has 0 saturated heterocycles.